The fourth-order valence-electron chi connectivity index (χ4n) is 3.42. The molecule has 2 N–H and O–H groups in total. The summed E-state index contributed by atoms with van der Waals surface area (Å²) >= 11 is 0. The number of carbonyl (C=O) groups excluding carboxylic acids is 2. The molecule has 0 unspecified atom stereocenters. The Morgan fingerprint density at radius 3 is 2.56 bits per heavy atom. The van der Waals surface area contributed by atoms with Gasteiger partial charge in [-0.3, -0.25) is 19.5 Å². The van der Waals surface area contributed by atoms with E-state index in [9.17, 15) is 19.8 Å². The summed E-state index contributed by atoms with van der Waals surface area (Å²) in [5.41, 5.74) is 0.276. The first-order valence-corrected chi connectivity index (χ1v) is 8.13. The topological polar surface area (TPSA) is 109 Å². The number of phenolic OH excluding ortho intramolecular Hbond substituents is 2. The highest BCUT2D eigenvalue weighted by molar-refractivity contribution is 6.26. The molecule has 8 heteroatoms. The van der Waals surface area contributed by atoms with Crippen molar-refractivity contribution in [1.82, 2.24) is 9.88 Å². The number of amides is 2. The summed E-state index contributed by atoms with van der Waals surface area (Å²) in [4.78, 5) is 30.6. The Hall–Kier alpha value is -3.81. The molecule has 0 radical (unpaired) electrons. The maximum Gasteiger partial charge on any atom is 0.265 e. The largest absolute Gasteiger partial charge is 0.506 e. The van der Waals surface area contributed by atoms with Crippen LogP contribution in [0.3, 0.4) is 0 Å². The van der Waals surface area contributed by atoms with Crippen molar-refractivity contribution < 1.29 is 29.3 Å². The van der Waals surface area contributed by atoms with E-state index in [1.807, 2.05) is 0 Å². The third-order valence-corrected chi connectivity index (χ3v) is 4.71. The Balaban J connectivity index is 1.59. The summed E-state index contributed by atoms with van der Waals surface area (Å²) in [6, 6.07) is 8.19. The van der Waals surface area contributed by atoms with Crippen molar-refractivity contribution in [3.8, 4) is 23.0 Å². The lowest BCUT2D eigenvalue weighted by Gasteiger charge is -2.14. The van der Waals surface area contributed by atoms with E-state index < -0.39 is 17.6 Å². The van der Waals surface area contributed by atoms with Gasteiger partial charge in [-0.15, -0.1) is 0 Å². The Morgan fingerprint density at radius 2 is 1.74 bits per heavy atom. The van der Waals surface area contributed by atoms with Crippen molar-refractivity contribution in [3.63, 3.8) is 0 Å². The van der Waals surface area contributed by atoms with Crippen LogP contribution in [0, 0.1) is 0 Å². The quantitative estimate of drug-likeness (QED) is 0.530. The molecule has 5 rings (SSSR count). The number of aromatic nitrogens is 1. The molecule has 134 valence electrons. The Labute approximate surface area is 152 Å². The summed E-state index contributed by atoms with van der Waals surface area (Å²) in [6.45, 7) is 0.0821. The minimum Gasteiger partial charge on any atom is -0.506 e. The molecule has 2 aliphatic rings. The molecule has 27 heavy (non-hydrogen) atoms. The molecule has 2 amide bonds. The molecule has 0 aliphatic carbocycles. The molecular weight excluding hydrogens is 352 g/mol. The SMILES string of the molecule is O=C1c2c(c(O)c3ncccc3c2O)C(=O)N1Cc1ccc2c(c1)OCO2. The third kappa shape index (κ3) is 2.06. The number of aromatic hydroxyl groups is 2. The zero-order chi connectivity index (χ0) is 18.7. The highest BCUT2D eigenvalue weighted by Gasteiger charge is 2.42. The number of fused-ring (bicyclic) bond motifs is 3. The predicted molar refractivity (Wildman–Crippen MR) is 91.8 cm³/mol. The van der Waals surface area contributed by atoms with Crippen LogP contribution < -0.4 is 9.47 Å². The van der Waals surface area contributed by atoms with Crippen LogP contribution in [-0.2, 0) is 6.54 Å². The molecule has 0 spiro atoms. The lowest BCUT2D eigenvalue weighted by Crippen LogP contribution is -2.29. The van der Waals surface area contributed by atoms with Gasteiger partial charge in [0.25, 0.3) is 11.8 Å². The van der Waals surface area contributed by atoms with E-state index in [1.165, 1.54) is 12.3 Å². The smallest absolute Gasteiger partial charge is 0.265 e. The number of ether oxygens (including phenoxy) is 2. The van der Waals surface area contributed by atoms with Crippen LogP contribution in [0.5, 0.6) is 23.0 Å². The summed E-state index contributed by atoms with van der Waals surface area (Å²) < 4.78 is 10.6. The zero-order valence-electron chi connectivity index (χ0n) is 13.8. The van der Waals surface area contributed by atoms with Crippen LogP contribution in [-0.4, -0.2) is 38.7 Å². The first-order chi connectivity index (χ1) is 13.1. The van der Waals surface area contributed by atoms with Gasteiger partial charge in [0.1, 0.15) is 16.8 Å². The van der Waals surface area contributed by atoms with Crippen LogP contribution >= 0.6 is 0 Å². The number of phenols is 2. The van der Waals surface area contributed by atoms with E-state index >= 15 is 0 Å². The fourth-order valence-corrected chi connectivity index (χ4v) is 3.42. The highest BCUT2D eigenvalue weighted by atomic mass is 16.7. The van der Waals surface area contributed by atoms with Gasteiger partial charge in [-0.1, -0.05) is 6.07 Å². The van der Waals surface area contributed by atoms with Gasteiger partial charge < -0.3 is 19.7 Å². The third-order valence-electron chi connectivity index (χ3n) is 4.71. The van der Waals surface area contributed by atoms with E-state index in [1.54, 1.807) is 24.3 Å². The predicted octanol–water partition coefficient (Wildman–Crippen LogP) is 2.17. The molecule has 0 fully saturated rings. The summed E-state index contributed by atoms with van der Waals surface area (Å²) in [6.07, 6.45) is 1.43. The van der Waals surface area contributed by atoms with Crippen LogP contribution in [0.1, 0.15) is 26.3 Å². The molecule has 0 bridgehead atoms. The van der Waals surface area contributed by atoms with Crippen molar-refractivity contribution in [3.05, 3.63) is 53.2 Å². The molecule has 0 atom stereocenters. The molecular formula is C19H12N2O6. The standard InChI is InChI=1S/C19H12N2O6/c22-16-10-2-1-5-20-15(10)17(23)14-13(16)18(24)21(19(14)25)7-9-3-4-11-12(6-9)27-8-26-11/h1-6,22-23H,7-8H2. The summed E-state index contributed by atoms with van der Waals surface area (Å²) in [5, 5.41) is 21.2. The second-order valence-electron chi connectivity index (χ2n) is 6.23. The van der Waals surface area contributed by atoms with Crippen LogP contribution in [0.15, 0.2) is 36.5 Å². The van der Waals surface area contributed by atoms with Crippen molar-refractivity contribution >= 4 is 22.7 Å². The number of benzene rings is 2. The van der Waals surface area contributed by atoms with Crippen molar-refractivity contribution in [2.75, 3.05) is 6.79 Å². The van der Waals surface area contributed by atoms with Crippen molar-refractivity contribution in [2.45, 2.75) is 6.54 Å². The summed E-state index contributed by atoms with van der Waals surface area (Å²) in [7, 11) is 0. The second kappa shape index (κ2) is 5.34. The van der Waals surface area contributed by atoms with E-state index in [4.69, 9.17) is 9.47 Å². The van der Waals surface area contributed by atoms with Gasteiger partial charge in [-0.2, -0.15) is 0 Å². The normalized spacial score (nSPS) is 14.9. The van der Waals surface area contributed by atoms with Gasteiger partial charge in [0.05, 0.1) is 12.1 Å². The Bertz CT molecular complexity index is 1100. The number of imide groups is 1. The molecule has 1 aromatic heterocycles. The van der Waals surface area contributed by atoms with Crippen LogP contribution in [0.4, 0.5) is 0 Å². The first kappa shape index (κ1) is 15.4. The molecule has 2 aliphatic heterocycles. The lowest BCUT2D eigenvalue weighted by molar-refractivity contribution is 0.0641. The van der Waals surface area contributed by atoms with Crippen molar-refractivity contribution in [1.29, 1.82) is 0 Å². The highest BCUT2D eigenvalue weighted by Crippen LogP contribution is 2.43. The van der Waals surface area contributed by atoms with Gasteiger partial charge in [-0.05, 0) is 29.8 Å². The van der Waals surface area contributed by atoms with E-state index in [-0.39, 0.29) is 41.1 Å². The number of hydrogen-bond acceptors (Lipinski definition) is 7. The van der Waals surface area contributed by atoms with Gasteiger partial charge in [-0.25, -0.2) is 0 Å². The van der Waals surface area contributed by atoms with E-state index in [0.717, 1.165) is 4.90 Å². The van der Waals surface area contributed by atoms with E-state index in [0.29, 0.717) is 17.1 Å². The monoisotopic (exact) mass is 364 g/mol. The van der Waals surface area contributed by atoms with Crippen LogP contribution in [0.2, 0.25) is 0 Å². The van der Waals surface area contributed by atoms with Gasteiger partial charge in [0, 0.05) is 11.6 Å². The Morgan fingerprint density at radius 1 is 1.00 bits per heavy atom. The minimum absolute atomic E-state index is 0.0361. The number of hydrogen-bond donors (Lipinski definition) is 2. The van der Waals surface area contributed by atoms with Crippen molar-refractivity contribution in [2.24, 2.45) is 0 Å². The number of carbonyl (C=O) groups is 2. The summed E-state index contributed by atoms with van der Waals surface area (Å²) in [5.74, 6) is -1.01. The number of nitrogens with zero attached hydrogens (tertiary/aromatic N) is 2. The number of rotatable bonds is 2. The van der Waals surface area contributed by atoms with E-state index in [2.05, 4.69) is 4.98 Å². The molecule has 2 aromatic carbocycles. The molecule has 3 heterocycles. The van der Waals surface area contributed by atoms with Gasteiger partial charge in [0.15, 0.2) is 17.2 Å². The second-order valence-corrected chi connectivity index (χ2v) is 6.23. The fraction of sp³-hybridized carbons (Fsp3) is 0.105. The number of pyridine rings is 1. The first-order valence-electron chi connectivity index (χ1n) is 8.13. The average molecular weight is 364 g/mol. The molecule has 3 aromatic rings. The van der Waals surface area contributed by atoms with Crippen LogP contribution in [0.25, 0.3) is 10.9 Å². The lowest BCUT2D eigenvalue weighted by atomic mass is 10.0. The van der Waals surface area contributed by atoms with Gasteiger partial charge in [0.2, 0.25) is 6.79 Å². The molecule has 0 saturated carbocycles. The molecule has 8 nitrogen and oxygen atoms in total. The maximum absolute atomic E-state index is 12.8. The van der Waals surface area contributed by atoms with Gasteiger partial charge >= 0.3 is 0 Å². The zero-order valence-corrected chi connectivity index (χ0v) is 13.8. The minimum atomic E-state index is -0.687. The maximum atomic E-state index is 12.8. The average Bonchev–Trinajstić information content (AvgIpc) is 3.24. The Kier molecular flexibility index (Phi) is 3.06. The molecule has 0 saturated heterocycles.